The lowest BCUT2D eigenvalue weighted by molar-refractivity contribution is -0.980. The highest BCUT2D eigenvalue weighted by molar-refractivity contribution is 5.30. The molecule has 0 saturated carbocycles. The summed E-state index contributed by atoms with van der Waals surface area (Å²) in [6, 6.07) is 19.1. The summed E-state index contributed by atoms with van der Waals surface area (Å²) < 4.78 is 13.1. The second-order valence-electron chi connectivity index (χ2n) is 10.7. The third-order valence-corrected chi connectivity index (χ3v) is 5.89. The first-order valence-electron chi connectivity index (χ1n) is 11.1. The molecule has 0 heterocycles. The van der Waals surface area contributed by atoms with Crippen LogP contribution in [-0.4, -0.2) is 31.4 Å². The number of ether oxygens (including phenoxy) is 2. The number of quaternary nitrogens is 1. The van der Waals surface area contributed by atoms with Crippen molar-refractivity contribution in [3.05, 3.63) is 65.7 Å². The first kappa shape index (κ1) is 27.5. The molecule has 0 radical (unpaired) electrons. The minimum atomic E-state index is -0.172. The van der Waals surface area contributed by atoms with Gasteiger partial charge >= 0.3 is 0 Å². The highest BCUT2D eigenvalue weighted by Gasteiger charge is 2.38. The van der Waals surface area contributed by atoms with Gasteiger partial charge in [0, 0.05) is 6.92 Å². The predicted molar refractivity (Wildman–Crippen MR) is 127 cm³/mol. The van der Waals surface area contributed by atoms with Gasteiger partial charge in [-0.25, -0.2) is 0 Å². The molecule has 0 amide bonds. The number of nitrogens with zero attached hydrogens (tertiary/aromatic N) is 1. The summed E-state index contributed by atoms with van der Waals surface area (Å²) in [5.74, 6) is 0.870. The van der Waals surface area contributed by atoms with Gasteiger partial charge in [0.25, 0.3) is 6.23 Å². The Kier molecular flexibility index (Phi) is 9.62. The maximum Gasteiger partial charge on any atom is 0.261 e. The first-order chi connectivity index (χ1) is 13.9. The zero-order valence-corrected chi connectivity index (χ0v) is 21.7. The zero-order valence-electron chi connectivity index (χ0n) is 20.9. The van der Waals surface area contributed by atoms with Crippen molar-refractivity contribution in [2.24, 2.45) is 5.41 Å². The quantitative estimate of drug-likeness (QED) is 0.428. The van der Waals surface area contributed by atoms with Gasteiger partial charge in [0.1, 0.15) is 5.75 Å². The average Bonchev–Trinajstić information content (AvgIpc) is 2.65. The number of hydrogen-bond acceptors (Lipinski definition) is 2. The van der Waals surface area contributed by atoms with Crippen molar-refractivity contribution < 1.29 is 26.4 Å². The third-order valence-electron chi connectivity index (χ3n) is 5.89. The van der Waals surface area contributed by atoms with Crippen LogP contribution < -0.4 is 17.1 Å². The Morgan fingerprint density at radius 3 is 1.90 bits per heavy atom. The molecule has 2 unspecified atom stereocenters. The van der Waals surface area contributed by atoms with Crippen LogP contribution >= 0.6 is 0 Å². The van der Waals surface area contributed by atoms with Crippen molar-refractivity contribution in [1.29, 1.82) is 0 Å². The number of para-hydroxylation sites is 1. The zero-order chi connectivity index (χ0) is 22.6. The molecule has 0 saturated heterocycles. The molecular formula is C27H42ClNO2. The van der Waals surface area contributed by atoms with Crippen molar-refractivity contribution in [3.8, 4) is 5.75 Å². The van der Waals surface area contributed by atoms with Gasteiger partial charge in [-0.3, -0.25) is 4.48 Å². The molecule has 0 spiro atoms. The van der Waals surface area contributed by atoms with Gasteiger partial charge in [0.15, 0.2) is 6.23 Å². The Morgan fingerprint density at radius 2 is 1.42 bits per heavy atom. The molecule has 0 fully saturated rings. The second-order valence-corrected chi connectivity index (χ2v) is 10.7. The summed E-state index contributed by atoms with van der Waals surface area (Å²) in [7, 11) is 4.34. The molecule has 2 rings (SSSR count). The largest absolute Gasteiger partial charge is 1.00 e. The van der Waals surface area contributed by atoms with Gasteiger partial charge in [-0.15, -0.1) is 0 Å². The summed E-state index contributed by atoms with van der Waals surface area (Å²) in [5.41, 5.74) is 2.93. The van der Waals surface area contributed by atoms with E-state index in [-0.39, 0.29) is 35.7 Å². The van der Waals surface area contributed by atoms with Crippen LogP contribution in [0.2, 0.25) is 0 Å². The lowest BCUT2D eigenvalue weighted by Crippen LogP contribution is -3.00. The van der Waals surface area contributed by atoms with Crippen molar-refractivity contribution >= 4 is 0 Å². The Balaban J connectivity index is 0.00000480. The van der Waals surface area contributed by atoms with Crippen LogP contribution in [0, 0.1) is 5.41 Å². The van der Waals surface area contributed by atoms with E-state index in [0.717, 1.165) is 17.7 Å². The number of rotatable bonds is 9. The number of benzene rings is 2. The molecule has 0 aliphatic heterocycles. The van der Waals surface area contributed by atoms with Crippen LogP contribution in [-0.2, 0) is 10.2 Å². The van der Waals surface area contributed by atoms with Crippen LogP contribution in [0.3, 0.4) is 0 Å². The predicted octanol–water partition coefficient (Wildman–Crippen LogP) is 3.94. The summed E-state index contributed by atoms with van der Waals surface area (Å²) in [4.78, 5) is 0. The minimum absolute atomic E-state index is 0. The lowest BCUT2D eigenvalue weighted by Gasteiger charge is -2.41. The third kappa shape index (κ3) is 7.52. The standard InChI is InChI=1S/C27H42NO2.ClH/c1-10-29-21(2)28(8,9)25(30-24-14-12-11-13-15-24)22-16-18-23(19-17-22)27(6,7)20-26(3,4)5;/h11-19,21,25H,10,20H2,1-9H3;1H/q+1;/p-1. The Morgan fingerprint density at radius 1 is 0.871 bits per heavy atom. The topological polar surface area (TPSA) is 18.5 Å². The van der Waals surface area contributed by atoms with Gasteiger partial charge in [0.2, 0.25) is 0 Å². The fourth-order valence-corrected chi connectivity index (χ4v) is 4.37. The molecule has 2 aromatic carbocycles. The van der Waals surface area contributed by atoms with Gasteiger partial charge in [-0.2, -0.15) is 0 Å². The molecule has 31 heavy (non-hydrogen) atoms. The van der Waals surface area contributed by atoms with Crippen molar-refractivity contribution in [2.45, 2.75) is 72.8 Å². The molecule has 0 aliphatic rings. The highest BCUT2D eigenvalue weighted by Crippen LogP contribution is 2.38. The van der Waals surface area contributed by atoms with Gasteiger partial charge in [0.05, 0.1) is 26.3 Å². The average molecular weight is 448 g/mol. The van der Waals surface area contributed by atoms with Gasteiger partial charge < -0.3 is 21.9 Å². The van der Waals surface area contributed by atoms with E-state index < -0.39 is 0 Å². The monoisotopic (exact) mass is 447 g/mol. The Hall–Kier alpha value is -1.55. The SMILES string of the molecule is CCOC(C)[N+](C)(C)C(Oc1ccccc1)c1ccc(C(C)(C)CC(C)(C)C)cc1.[Cl-]. The normalized spacial score (nSPS) is 14.5. The summed E-state index contributed by atoms with van der Waals surface area (Å²) >= 11 is 0. The highest BCUT2D eigenvalue weighted by atomic mass is 35.5. The Labute approximate surface area is 196 Å². The number of hydrogen-bond donors (Lipinski definition) is 0. The van der Waals surface area contributed by atoms with Gasteiger partial charge in [-0.1, -0.05) is 65.0 Å². The van der Waals surface area contributed by atoms with E-state index in [1.54, 1.807) is 0 Å². The fraction of sp³-hybridized carbons (Fsp3) is 0.556. The van der Waals surface area contributed by atoms with Crippen LogP contribution in [0.1, 0.15) is 72.2 Å². The van der Waals surface area contributed by atoms with Crippen LogP contribution in [0.5, 0.6) is 5.75 Å². The molecular weight excluding hydrogens is 406 g/mol. The summed E-state index contributed by atoms with van der Waals surface area (Å²) in [6.45, 7) is 16.4. The molecule has 3 nitrogen and oxygen atoms in total. The maximum absolute atomic E-state index is 6.53. The first-order valence-corrected chi connectivity index (χ1v) is 11.1. The van der Waals surface area contributed by atoms with Crippen molar-refractivity contribution in [2.75, 3.05) is 20.7 Å². The molecule has 0 N–H and O–H groups in total. The molecule has 174 valence electrons. The molecule has 2 atom stereocenters. The van der Waals surface area contributed by atoms with E-state index >= 15 is 0 Å². The molecule has 0 bridgehead atoms. The van der Waals surface area contributed by atoms with Gasteiger partial charge in [-0.05, 0) is 54.0 Å². The smallest absolute Gasteiger partial charge is 0.261 e. The van der Waals surface area contributed by atoms with E-state index in [1.165, 1.54) is 5.56 Å². The fourth-order valence-electron chi connectivity index (χ4n) is 4.37. The summed E-state index contributed by atoms with van der Waals surface area (Å²) in [5, 5.41) is 0. The van der Waals surface area contributed by atoms with E-state index in [4.69, 9.17) is 9.47 Å². The van der Waals surface area contributed by atoms with E-state index in [9.17, 15) is 0 Å². The van der Waals surface area contributed by atoms with Crippen LogP contribution in [0.15, 0.2) is 54.6 Å². The van der Waals surface area contributed by atoms with Crippen LogP contribution in [0.4, 0.5) is 0 Å². The van der Waals surface area contributed by atoms with E-state index in [1.807, 2.05) is 37.3 Å². The maximum atomic E-state index is 6.53. The van der Waals surface area contributed by atoms with Crippen LogP contribution in [0.25, 0.3) is 0 Å². The molecule has 0 aliphatic carbocycles. The van der Waals surface area contributed by atoms with Crippen molar-refractivity contribution in [1.82, 2.24) is 0 Å². The molecule has 0 aromatic heterocycles. The Bertz CT molecular complexity index is 779. The lowest BCUT2D eigenvalue weighted by atomic mass is 9.72. The van der Waals surface area contributed by atoms with E-state index in [0.29, 0.717) is 11.1 Å². The van der Waals surface area contributed by atoms with Crippen molar-refractivity contribution in [3.63, 3.8) is 0 Å². The minimum Gasteiger partial charge on any atom is -1.00 e. The molecule has 2 aromatic rings. The second kappa shape index (κ2) is 10.8. The van der Waals surface area contributed by atoms with E-state index in [2.05, 4.69) is 79.9 Å². The molecule has 4 heteroatoms. The summed E-state index contributed by atoms with van der Waals surface area (Å²) in [6.07, 6.45) is 0.959. The number of halogens is 1.